The maximum absolute atomic E-state index is 10.6. The zero-order valence-corrected chi connectivity index (χ0v) is 15.2. The second kappa shape index (κ2) is 6.88. The van der Waals surface area contributed by atoms with Crippen LogP contribution in [0, 0.1) is 0 Å². The first kappa shape index (κ1) is 20.9. The SMILES string of the molecule is Nc1cc(S(=O)(=O)[O-])c(N)cc1S(=O)(=O)[O-].[Na+].[Na+]. The first-order valence-electron chi connectivity index (χ1n) is 3.64. The number of hydrogen-bond donors (Lipinski definition) is 2. The Morgan fingerprint density at radius 1 is 0.778 bits per heavy atom. The van der Waals surface area contributed by atoms with Crippen LogP contribution in [0.3, 0.4) is 0 Å². The summed E-state index contributed by atoms with van der Waals surface area (Å²) in [5.41, 5.74) is 8.99. The van der Waals surface area contributed by atoms with Crippen molar-refractivity contribution in [3.05, 3.63) is 12.1 Å². The van der Waals surface area contributed by atoms with Crippen LogP contribution in [-0.2, 0) is 20.2 Å². The van der Waals surface area contributed by atoms with E-state index in [2.05, 4.69) is 0 Å². The first-order chi connectivity index (χ1) is 7.03. The van der Waals surface area contributed by atoms with E-state index in [1.54, 1.807) is 0 Å². The van der Waals surface area contributed by atoms with Gasteiger partial charge >= 0.3 is 59.1 Å². The molecule has 1 rings (SSSR count). The van der Waals surface area contributed by atoms with E-state index in [0.29, 0.717) is 12.1 Å². The second-order valence-corrected chi connectivity index (χ2v) is 5.53. The smallest absolute Gasteiger partial charge is 0.744 e. The average Bonchev–Trinajstić information content (AvgIpc) is 2.04. The predicted molar refractivity (Wildman–Crippen MR) is 51.2 cm³/mol. The fourth-order valence-corrected chi connectivity index (χ4v) is 2.26. The summed E-state index contributed by atoms with van der Waals surface area (Å²) in [6.07, 6.45) is 0. The van der Waals surface area contributed by atoms with E-state index in [-0.39, 0.29) is 59.1 Å². The molecular formula is C6H6N2Na2O6S2. The third-order valence-electron chi connectivity index (χ3n) is 1.68. The fraction of sp³-hybridized carbons (Fsp3) is 0. The van der Waals surface area contributed by atoms with Gasteiger partial charge in [0.05, 0.1) is 21.2 Å². The maximum atomic E-state index is 10.6. The van der Waals surface area contributed by atoms with Crippen LogP contribution < -0.4 is 70.6 Å². The Bertz CT molecular complexity index is 585. The number of benzene rings is 1. The Hall–Kier alpha value is 0.640. The number of nitrogens with two attached hydrogens (primary N) is 2. The molecule has 0 unspecified atom stereocenters. The molecule has 1 aromatic carbocycles. The van der Waals surface area contributed by atoms with Crippen molar-refractivity contribution in [3.63, 3.8) is 0 Å². The standard InChI is InChI=1S/C6H8N2O6S2.2Na/c7-3-1-5(15(9,10)11)4(8)2-6(3)16(12,13)14;;/h1-2H,7-8H2,(H,9,10,11)(H,12,13,14);;/q;2*+1/p-2. The van der Waals surface area contributed by atoms with Gasteiger partial charge in [0.2, 0.25) is 0 Å². The topological polar surface area (TPSA) is 166 Å². The molecule has 12 heteroatoms. The van der Waals surface area contributed by atoms with Crippen LogP contribution in [0.25, 0.3) is 0 Å². The van der Waals surface area contributed by atoms with Crippen molar-refractivity contribution in [1.29, 1.82) is 0 Å². The van der Waals surface area contributed by atoms with E-state index >= 15 is 0 Å². The summed E-state index contributed by atoms with van der Waals surface area (Å²) in [4.78, 5) is -1.73. The minimum Gasteiger partial charge on any atom is -0.744 e. The molecule has 0 fully saturated rings. The fourth-order valence-electron chi connectivity index (χ4n) is 1.02. The van der Waals surface area contributed by atoms with Gasteiger partial charge in [-0.3, -0.25) is 0 Å². The van der Waals surface area contributed by atoms with E-state index < -0.39 is 41.4 Å². The van der Waals surface area contributed by atoms with Crippen LogP contribution in [0.5, 0.6) is 0 Å². The third kappa shape index (κ3) is 4.96. The molecular weight excluding hydrogens is 306 g/mol. The van der Waals surface area contributed by atoms with Gasteiger partial charge in [0.15, 0.2) is 0 Å². The van der Waals surface area contributed by atoms with E-state index in [0.717, 1.165) is 0 Å². The summed E-state index contributed by atoms with van der Waals surface area (Å²) in [6.45, 7) is 0. The predicted octanol–water partition coefficient (Wildman–Crippen LogP) is -7.33. The van der Waals surface area contributed by atoms with Gasteiger partial charge in [0, 0.05) is 0 Å². The van der Waals surface area contributed by atoms with Crippen molar-refractivity contribution in [2.75, 3.05) is 11.5 Å². The average molecular weight is 312 g/mol. The summed E-state index contributed by atoms with van der Waals surface area (Å²) in [5, 5.41) is 0. The van der Waals surface area contributed by atoms with Crippen LogP contribution in [0.15, 0.2) is 21.9 Å². The van der Waals surface area contributed by atoms with E-state index in [1.165, 1.54) is 0 Å². The molecule has 0 saturated heterocycles. The Kier molecular flexibility index (Phi) is 8.01. The van der Waals surface area contributed by atoms with Gasteiger partial charge in [-0.25, -0.2) is 16.8 Å². The molecule has 90 valence electrons. The molecule has 0 aliphatic rings. The molecule has 0 aliphatic carbocycles. The molecule has 0 radical (unpaired) electrons. The summed E-state index contributed by atoms with van der Waals surface area (Å²) in [5.74, 6) is 0. The first-order valence-corrected chi connectivity index (χ1v) is 6.46. The number of nitrogen functional groups attached to an aromatic ring is 2. The van der Waals surface area contributed by atoms with Crippen LogP contribution >= 0.6 is 0 Å². The van der Waals surface area contributed by atoms with Crippen LogP contribution in [0.2, 0.25) is 0 Å². The van der Waals surface area contributed by atoms with E-state index in [1.807, 2.05) is 0 Å². The van der Waals surface area contributed by atoms with Gasteiger partial charge in [-0.15, -0.1) is 0 Å². The molecule has 0 heterocycles. The molecule has 0 saturated carbocycles. The van der Waals surface area contributed by atoms with Gasteiger partial charge in [-0.1, -0.05) is 0 Å². The Balaban J connectivity index is 0. The third-order valence-corrected chi connectivity index (χ3v) is 3.47. The quantitative estimate of drug-likeness (QED) is 0.308. The van der Waals surface area contributed by atoms with Crippen molar-refractivity contribution in [2.45, 2.75) is 9.79 Å². The van der Waals surface area contributed by atoms with Crippen molar-refractivity contribution in [2.24, 2.45) is 0 Å². The molecule has 1 aromatic rings. The van der Waals surface area contributed by atoms with E-state index in [9.17, 15) is 25.9 Å². The zero-order valence-electron chi connectivity index (χ0n) is 9.58. The zero-order chi connectivity index (χ0) is 12.7. The summed E-state index contributed by atoms with van der Waals surface area (Å²) < 4.78 is 63.9. The van der Waals surface area contributed by atoms with Crippen molar-refractivity contribution < 1.29 is 85.1 Å². The minimum atomic E-state index is -4.87. The van der Waals surface area contributed by atoms with Crippen LogP contribution in [-0.4, -0.2) is 25.9 Å². The number of anilines is 2. The molecule has 8 nitrogen and oxygen atoms in total. The minimum absolute atomic E-state index is 0. The van der Waals surface area contributed by atoms with Crippen LogP contribution in [0.4, 0.5) is 11.4 Å². The number of rotatable bonds is 2. The molecule has 0 bridgehead atoms. The Morgan fingerprint density at radius 2 is 1.00 bits per heavy atom. The van der Waals surface area contributed by atoms with E-state index in [4.69, 9.17) is 11.5 Å². The largest absolute Gasteiger partial charge is 1.00 e. The molecule has 18 heavy (non-hydrogen) atoms. The molecule has 0 amide bonds. The summed E-state index contributed by atoms with van der Waals surface area (Å²) in [7, 11) is -9.74. The van der Waals surface area contributed by atoms with Crippen LogP contribution in [0.1, 0.15) is 0 Å². The molecule has 0 spiro atoms. The monoisotopic (exact) mass is 312 g/mol. The molecule has 0 aliphatic heterocycles. The Labute approximate surface area is 148 Å². The Morgan fingerprint density at radius 3 is 1.17 bits per heavy atom. The van der Waals surface area contributed by atoms with Crippen molar-refractivity contribution in [3.8, 4) is 0 Å². The van der Waals surface area contributed by atoms with Crippen molar-refractivity contribution >= 4 is 31.6 Å². The van der Waals surface area contributed by atoms with Gasteiger partial charge in [-0.05, 0) is 12.1 Å². The summed E-state index contributed by atoms with van der Waals surface area (Å²) >= 11 is 0. The normalized spacial score (nSPS) is 11.2. The van der Waals surface area contributed by atoms with Gasteiger partial charge < -0.3 is 20.6 Å². The number of hydrogen-bond acceptors (Lipinski definition) is 8. The summed E-state index contributed by atoms with van der Waals surface area (Å²) in [6, 6.07) is 1.09. The van der Waals surface area contributed by atoms with Gasteiger partial charge in [0.1, 0.15) is 20.2 Å². The maximum Gasteiger partial charge on any atom is 1.00 e. The van der Waals surface area contributed by atoms with Crippen molar-refractivity contribution in [1.82, 2.24) is 0 Å². The molecule has 0 atom stereocenters. The van der Waals surface area contributed by atoms with Gasteiger partial charge in [-0.2, -0.15) is 0 Å². The molecule has 0 aromatic heterocycles. The van der Waals surface area contributed by atoms with Gasteiger partial charge in [0.25, 0.3) is 0 Å². The molecule has 4 N–H and O–H groups in total. The second-order valence-electron chi connectivity index (χ2n) is 2.84.